The van der Waals surface area contributed by atoms with E-state index in [1.54, 1.807) is 10.8 Å². The quantitative estimate of drug-likeness (QED) is 0.231. The van der Waals surface area contributed by atoms with Crippen LogP contribution in [0.25, 0.3) is 27.2 Å². The van der Waals surface area contributed by atoms with Gasteiger partial charge in [-0.1, -0.05) is 50.7 Å². The maximum absolute atomic E-state index is 13.9. The van der Waals surface area contributed by atoms with Crippen LogP contribution in [0.5, 0.6) is 0 Å². The van der Waals surface area contributed by atoms with Gasteiger partial charge in [0.1, 0.15) is 10.6 Å². The molecule has 2 unspecified atom stereocenters. The lowest BCUT2D eigenvalue weighted by molar-refractivity contribution is -0.129. The van der Waals surface area contributed by atoms with Gasteiger partial charge in [-0.3, -0.25) is 14.2 Å². The van der Waals surface area contributed by atoms with Gasteiger partial charge in [-0.05, 0) is 54.4 Å². The lowest BCUT2D eigenvalue weighted by Crippen LogP contribution is -2.38. The summed E-state index contributed by atoms with van der Waals surface area (Å²) in [5, 5.41) is 2.99. The average Bonchev–Trinajstić information content (AvgIpc) is 3.55. The van der Waals surface area contributed by atoms with Gasteiger partial charge in [0.15, 0.2) is 5.16 Å². The molecule has 1 aliphatic carbocycles. The summed E-state index contributed by atoms with van der Waals surface area (Å²) in [7, 11) is 0. The zero-order valence-electron chi connectivity index (χ0n) is 20.7. The highest BCUT2D eigenvalue weighted by Crippen LogP contribution is 2.52. The van der Waals surface area contributed by atoms with Gasteiger partial charge in [0, 0.05) is 23.5 Å². The number of aromatic nitrogens is 2. The topological polar surface area (TPSA) is 68.3 Å². The molecule has 6 nitrogen and oxygen atoms in total. The van der Waals surface area contributed by atoms with Crippen LogP contribution in [0.4, 0.5) is 0 Å². The Balaban J connectivity index is 1.35. The minimum Gasteiger partial charge on any atom is -0.464 e. The number of benzene rings is 1. The molecule has 36 heavy (non-hydrogen) atoms. The van der Waals surface area contributed by atoms with Crippen LogP contribution in [-0.4, -0.2) is 38.7 Å². The number of hydrogen-bond donors (Lipinski definition) is 0. The number of rotatable bonds is 5. The van der Waals surface area contributed by atoms with Crippen molar-refractivity contribution in [3.05, 3.63) is 64.5 Å². The Morgan fingerprint density at radius 1 is 1.17 bits per heavy atom. The van der Waals surface area contributed by atoms with Crippen molar-refractivity contribution in [1.82, 2.24) is 14.5 Å². The molecule has 186 valence electrons. The molecule has 2 aliphatic rings. The minimum atomic E-state index is -0.153. The minimum absolute atomic E-state index is 0.128. The van der Waals surface area contributed by atoms with E-state index in [9.17, 15) is 9.59 Å². The zero-order chi connectivity index (χ0) is 25.1. The fourth-order valence-corrected chi connectivity index (χ4v) is 8.31. The van der Waals surface area contributed by atoms with Gasteiger partial charge in [0.2, 0.25) is 5.91 Å². The summed E-state index contributed by atoms with van der Waals surface area (Å²) in [5.74, 6) is 1.03. The summed E-state index contributed by atoms with van der Waals surface area (Å²) in [4.78, 5) is 34.9. The summed E-state index contributed by atoms with van der Waals surface area (Å²) in [5.41, 5.74) is 1.77. The van der Waals surface area contributed by atoms with Crippen LogP contribution in [0.15, 0.2) is 68.5 Å². The number of nitrogens with zero attached hydrogens (tertiary/aromatic N) is 3. The third-order valence-corrected chi connectivity index (χ3v) is 9.23. The first-order valence-electron chi connectivity index (χ1n) is 12.3. The van der Waals surface area contributed by atoms with E-state index in [0.29, 0.717) is 27.2 Å². The predicted octanol–water partition coefficient (Wildman–Crippen LogP) is 6.23. The molecule has 2 atom stereocenters. The number of likely N-dealkylation sites (tertiary alicyclic amines) is 1. The third-order valence-electron chi connectivity index (χ3n) is 7.44. The van der Waals surface area contributed by atoms with Gasteiger partial charge in [-0.25, -0.2) is 4.98 Å². The Labute approximate surface area is 218 Å². The van der Waals surface area contributed by atoms with E-state index in [-0.39, 0.29) is 28.0 Å². The number of carbonyl (C=O) groups excluding carboxylic acids is 1. The molecule has 1 amide bonds. The number of amides is 1. The van der Waals surface area contributed by atoms with E-state index in [1.807, 2.05) is 47.8 Å². The van der Waals surface area contributed by atoms with Gasteiger partial charge >= 0.3 is 0 Å². The number of hydrogen-bond acceptors (Lipinski definition) is 6. The van der Waals surface area contributed by atoms with Crippen molar-refractivity contribution >= 4 is 39.2 Å². The van der Waals surface area contributed by atoms with Crippen LogP contribution >= 0.6 is 23.1 Å². The van der Waals surface area contributed by atoms with Gasteiger partial charge in [0.25, 0.3) is 5.56 Å². The zero-order valence-corrected chi connectivity index (χ0v) is 22.3. The molecule has 2 fully saturated rings. The van der Waals surface area contributed by atoms with E-state index < -0.39 is 0 Å². The molecule has 4 heterocycles. The third kappa shape index (κ3) is 4.10. The number of thioether (sulfide) groups is 1. The van der Waals surface area contributed by atoms with Crippen LogP contribution < -0.4 is 5.56 Å². The largest absolute Gasteiger partial charge is 0.464 e. The maximum Gasteiger partial charge on any atom is 0.268 e. The van der Waals surface area contributed by atoms with Crippen LogP contribution in [-0.2, 0) is 4.79 Å². The Morgan fingerprint density at radius 2 is 1.97 bits per heavy atom. The van der Waals surface area contributed by atoms with Crippen molar-refractivity contribution in [1.29, 1.82) is 0 Å². The Kier molecular flexibility index (Phi) is 5.64. The number of furan rings is 1. The second-order valence-corrected chi connectivity index (χ2v) is 13.0. The fraction of sp³-hybridized carbons (Fsp3) is 0.393. The molecule has 1 saturated carbocycles. The number of fused-ring (bicyclic) bond motifs is 3. The molecule has 0 spiro atoms. The molecule has 6 rings (SSSR count). The van der Waals surface area contributed by atoms with Crippen LogP contribution in [0.2, 0.25) is 0 Å². The number of thiophene rings is 1. The Hall–Kier alpha value is -2.84. The fourth-order valence-electron chi connectivity index (χ4n) is 6.45. The van der Waals surface area contributed by atoms with Crippen molar-refractivity contribution < 1.29 is 9.21 Å². The highest BCUT2D eigenvalue weighted by Gasteiger charge is 2.50. The second kappa shape index (κ2) is 8.63. The Bertz CT molecular complexity index is 1490. The van der Waals surface area contributed by atoms with E-state index in [0.717, 1.165) is 37.1 Å². The van der Waals surface area contributed by atoms with Crippen LogP contribution in [0.1, 0.15) is 40.0 Å². The van der Waals surface area contributed by atoms with Gasteiger partial charge in [0.05, 0.1) is 23.1 Å². The molecule has 4 aromatic rings. The van der Waals surface area contributed by atoms with E-state index in [4.69, 9.17) is 9.40 Å². The van der Waals surface area contributed by atoms with Gasteiger partial charge in [-0.2, -0.15) is 0 Å². The molecule has 0 radical (unpaired) electrons. The first-order valence-corrected chi connectivity index (χ1v) is 14.2. The lowest BCUT2D eigenvalue weighted by atomic mass is 9.65. The predicted molar refractivity (Wildman–Crippen MR) is 145 cm³/mol. The number of para-hydroxylation sites is 1. The smallest absolute Gasteiger partial charge is 0.268 e. The van der Waals surface area contributed by atoms with E-state index in [1.165, 1.54) is 23.1 Å². The van der Waals surface area contributed by atoms with Crippen molar-refractivity contribution in [2.45, 2.75) is 51.2 Å². The summed E-state index contributed by atoms with van der Waals surface area (Å²) in [6.45, 7) is 7.76. The molecule has 2 bridgehead atoms. The second-order valence-electron chi connectivity index (χ2n) is 11.2. The monoisotopic (exact) mass is 519 g/mol. The highest BCUT2D eigenvalue weighted by atomic mass is 32.2. The van der Waals surface area contributed by atoms with Crippen molar-refractivity contribution in [2.75, 3.05) is 12.3 Å². The summed E-state index contributed by atoms with van der Waals surface area (Å²) < 4.78 is 7.22. The van der Waals surface area contributed by atoms with Gasteiger partial charge in [-0.15, -0.1) is 11.3 Å². The number of carbonyl (C=O) groups is 1. The normalized spacial score (nSPS) is 22.9. The molecule has 8 heteroatoms. The molecular weight excluding hydrogens is 490 g/mol. The standard InChI is InChI=1S/C28H29N3O3S2/c1-27(2)12-19-13-28(3,16-27)17-30(19)22(32)15-36-26-29-24-23(20(14-35-24)21-10-7-11-34-21)25(33)31(26)18-8-5-4-6-9-18/h4-11,14,19H,12-13,15-17H2,1-3H3. The summed E-state index contributed by atoms with van der Waals surface area (Å²) >= 11 is 2.77. The molecule has 1 saturated heterocycles. The summed E-state index contributed by atoms with van der Waals surface area (Å²) in [6, 6.07) is 13.5. The first kappa shape index (κ1) is 23.6. The first-order chi connectivity index (χ1) is 17.2. The van der Waals surface area contributed by atoms with Crippen molar-refractivity contribution in [3.63, 3.8) is 0 Å². The van der Waals surface area contributed by atoms with E-state index in [2.05, 4.69) is 25.7 Å². The molecule has 3 aromatic heterocycles. The molecular formula is C28H29N3O3S2. The van der Waals surface area contributed by atoms with Gasteiger partial charge < -0.3 is 9.32 Å². The van der Waals surface area contributed by atoms with Crippen LogP contribution in [0.3, 0.4) is 0 Å². The molecule has 0 N–H and O–H groups in total. The molecule has 1 aromatic carbocycles. The van der Waals surface area contributed by atoms with Crippen molar-refractivity contribution in [3.8, 4) is 17.0 Å². The Morgan fingerprint density at radius 3 is 2.72 bits per heavy atom. The average molecular weight is 520 g/mol. The summed E-state index contributed by atoms with van der Waals surface area (Å²) in [6.07, 6.45) is 4.88. The van der Waals surface area contributed by atoms with Crippen LogP contribution in [0, 0.1) is 10.8 Å². The molecule has 1 aliphatic heterocycles. The lowest BCUT2D eigenvalue weighted by Gasteiger charge is -2.39. The van der Waals surface area contributed by atoms with E-state index >= 15 is 0 Å². The van der Waals surface area contributed by atoms with Crippen molar-refractivity contribution in [2.24, 2.45) is 10.8 Å². The highest BCUT2D eigenvalue weighted by molar-refractivity contribution is 7.99. The maximum atomic E-state index is 13.9. The SMILES string of the molecule is CC1(C)CC2CC(C)(CN2C(=O)CSc2nc3scc(-c4ccco4)c3c(=O)n2-c2ccccc2)C1.